The van der Waals surface area contributed by atoms with Gasteiger partial charge in [0.2, 0.25) is 0 Å². The Morgan fingerprint density at radius 1 is 1.44 bits per heavy atom. The van der Waals surface area contributed by atoms with Gasteiger partial charge >= 0.3 is 0 Å². The van der Waals surface area contributed by atoms with Crippen molar-refractivity contribution in [3.8, 4) is 5.75 Å². The van der Waals surface area contributed by atoms with E-state index in [1.165, 1.54) is 6.42 Å². The lowest BCUT2D eigenvalue weighted by atomic mass is 10.1. The first-order valence-electron chi connectivity index (χ1n) is 6.15. The standard InChI is InChI=1S/C14H21NOS2/c1-10(2)6-5-9-16-11-7-4-8-12(18-3)13(11)14(15)17/h4,7-8,10H,5-6,9H2,1-3H3,(H2,15,17). The van der Waals surface area contributed by atoms with Crippen LogP contribution >= 0.6 is 24.0 Å². The Balaban J connectivity index is 2.72. The molecule has 0 radical (unpaired) electrons. The van der Waals surface area contributed by atoms with Crippen molar-refractivity contribution in [1.82, 2.24) is 0 Å². The molecule has 4 heteroatoms. The highest BCUT2D eigenvalue weighted by atomic mass is 32.2. The number of hydrogen-bond donors (Lipinski definition) is 1. The van der Waals surface area contributed by atoms with E-state index in [-0.39, 0.29) is 0 Å². The van der Waals surface area contributed by atoms with E-state index < -0.39 is 0 Å². The van der Waals surface area contributed by atoms with Gasteiger partial charge in [0.15, 0.2) is 0 Å². The zero-order valence-electron chi connectivity index (χ0n) is 11.2. The number of nitrogens with two attached hydrogens (primary N) is 1. The topological polar surface area (TPSA) is 35.2 Å². The molecule has 0 atom stereocenters. The van der Waals surface area contributed by atoms with Gasteiger partial charge in [-0.3, -0.25) is 0 Å². The predicted molar refractivity (Wildman–Crippen MR) is 83.7 cm³/mol. The molecule has 0 saturated carbocycles. The van der Waals surface area contributed by atoms with Crippen molar-refractivity contribution in [2.75, 3.05) is 12.9 Å². The minimum Gasteiger partial charge on any atom is -0.493 e. The second-order valence-corrected chi connectivity index (χ2v) is 5.87. The molecule has 1 rings (SSSR count). The van der Waals surface area contributed by atoms with E-state index in [4.69, 9.17) is 22.7 Å². The van der Waals surface area contributed by atoms with Crippen LogP contribution in [0.1, 0.15) is 32.3 Å². The summed E-state index contributed by atoms with van der Waals surface area (Å²) in [5.74, 6) is 1.51. The molecule has 18 heavy (non-hydrogen) atoms. The molecule has 0 fully saturated rings. The summed E-state index contributed by atoms with van der Waals surface area (Å²) < 4.78 is 5.81. The summed E-state index contributed by atoms with van der Waals surface area (Å²) in [4.78, 5) is 1.47. The van der Waals surface area contributed by atoms with Crippen molar-refractivity contribution in [2.45, 2.75) is 31.6 Å². The van der Waals surface area contributed by atoms with Crippen LogP contribution in [0.2, 0.25) is 0 Å². The van der Waals surface area contributed by atoms with Crippen LogP contribution in [0.4, 0.5) is 0 Å². The first-order valence-corrected chi connectivity index (χ1v) is 7.79. The fraction of sp³-hybridized carbons (Fsp3) is 0.500. The van der Waals surface area contributed by atoms with Crippen molar-refractivity contribution < 1.29 is 4.74 Å². The average Bonchev–Trinajstić information content (AvgIpc) is 2.33. The number of ether oxygens (including phenoxy) is 1. The molecule has 0 aromatic heterocycles. The third-order valence-electron chi connectivity index (χ3n) is 2.64. The molecule has 1 aromatic carbocycles. The van der Waals surface area contributed by atoms with Gasteiger partial charge in [-0.05, 0) is 37.1 Å². The number of thioether (sulfide) groups is 1. The molecule has 0 unspecified atom stereocenters. The zero-order chi connectivity index (χ0) is 13.5. The van der Waals surface area contributed by atoms with Crippen LogP contribution in [0.5, 0.6) is 5.75 Å². The van der Waals surface area contributed by atoms with Gasteiger partial charge in [-0.15, -0.1) is 11.8 Å². The van der Waals surface area contributed by atoms with E-state index >= 15 is 0 Å². The van der Waals surface area contributed by atoms with Crippen molar-refractivity contribution >= 4 is 29.0 Å². The number of rotatable bonds is 7. The molecule has 0 bridgehead atoms. The molecule has 0 aliphatic heterocycles. The van der Waals surface area contributed by atoms with Crippen molar-refractivity contribution in [3.63, 3.8) is 0 Å². The summed E-state index contributed by atoms with van der Waals surface area (Å²) >= 11 is 6.74. The normalized spacial score (nSPS) is 10.7. The molecular weight excluding hydrogens is 262 g/mol. The predicted octanol–water partition coefficient (Wildman–Crippen LogP) is 3.86. The molecule has 2 N–H and O–H groups in total. The fourth-order valence-electron chi connectivity index (χ4n) is 1.72. The van der Waals surface area contributed by atoms with Gasteiger partial charge in [-0.25, -0.2) is 0 Å². The van der Waals surface area contributed by atoms with Gasteiger partial charge < -0.3 is 10.5 Å². The number of benzene rings is 1. The molecule has 0 heterocycles. The van der Waals surface area contributed by atoms with Crippen molar-refractivity contribution in [2.24, 2.45) is 11.7 Å². The first kappa shape index (κ1) is 15.3. The van der Waals surface area contributed by atoms with E-state index in [0.29, 0.717) is 17.5 Å². The Bertz CT molecular complexity index is 405. The Labute approximate surface area is 119 Å². The van der Waals surface area contributed by atoms with Crippen LogP contribution < -0.4 is 10.5 Å². The van der Waals surface area contributed by atoms with Gasteiger partial charge in [0.1, 0.15) is 10.7 Å². The summed E-state index contributed by atoms with van der Waals surface area (Å²) in [6.07, 6.45) is 4.24. The summed E-state index contributed by atoms with van der Waals surface area (Å²) in [6, 6.07) is 5.93. The van der Waals surface area contributed by atoms with Gasteiger partial charge in [-0.1, -0.05) is 32.1 Å². The Kier molecular flexibility index (Phi) is 6.50. The van der Waals surface area contributed by atoms with E-state index in [9.17, 15) is 0 Å². The van der Waals surface area contributed by atoms with Crippen LogP contribution in [-0.4, -0.2) is 17.9 Å². The maximum Gasteiger partial charge on any atom is 0.130 e. The second kappa shape index (κ2) is 7.64. The maximum atomic E-state index is 5.81. The van der Waals surface area contributed by atoms with Crippen LogP contribution in [0.3, 0.4) is 0 Å². The monoisotopic (exact) mass is 283 g/mol. The van der Waals surface area contributed by atoms with Crippen molar-refractivity contribution in [1.29, 1.82) is 0 Å². The highest BCUT2D eigenvalue weighted by Crippen LogP contribution is 2.29. The number of hydrogen-bond acceptors (Lipinski definition) is 3. The summed E-state index contributed by atoms with van der Waals surface area (Å²) in [5.41, 5.74) is 6.65. The average molecular weight is 283 g/mol. The molecule has 2 nitrogen and oxygen atoms in total. The lowest BCUT2D eigenvalue weighted by Gasteiger charge is -2.14. The fourth-order valence-corrected chi connectivity index (χ4v) is 2.62. The van der Waals surface area contributed by atoms with E-state index in [0.717, 1.165) is 22.6 Å². The maximum absolute atomic E-state index is 5.81. The van der Waals surface area contributed by atoms with Crippen LogP contribution in [0.15, 0.2) is 23.1 Å². The minimum absolute atomic E-state index is 0.402. The quantitative estimate of drug-likeness (QED) is 0.468. The van der Waals surface area contributed by atoms with E-state index in [2.05, 4.69) is 13.8 Å². The van der Waals surface area contributed by atoms with Crippen LogP contribution in [0, 0.1) is 5.92 Å². The Morgan fingerprint density at radius 3 is 2.72 bits per heavy atom. The third-order valence-corrected chi connectivity index (χ3v) is 3.62. The lowest BCUT2D eigenvalue weighted by molar-refractivity contribution is 0.296. The number of thiocarbonyl (C=S) groups is 1. The molecule has 0 aliphatic carbocycles. The second-order valence-electron chi connectivity index (χ2n) is 4.58. The van der Waals surface area contributed by atoms with Crippen LogP contribution in [0.25, 0.3) is 0 Å². The smallest absolute Gasteiger partial charge is 0.130 e. The van der Waals surface area contributed by atoms with Gasteiger partial charge in [0.05, 0.1) is 12.2 Å². The molecule has 0 amide bonds. The molecule has 0 saturated heterocycles. The van der Waals surface area contributed by atoms with Gasteiger partial charge in [0, 0.05) is 4.90 Å². The van der Waals surface area contributed by atoms with E-state index in [1.54, 1.807) is 11.8 Å². The van der Waals surface area contributed by atoms with Gasteiger partial charge in [-0.2, -0.15) is 0 Å². The lowest BCUT2D eigenvalue weighted by Crippen LogP contribution is -2.13. The Hall–Kier alpha value is -0.740. The third kappa shape index (κ3) is 4.50. The van der Waals surface area contributed by atoms with Gasteiger partial charge in [0.25, 0.3) is 0 Å². The van der Waals surface area contributed by atoms with Crippen molar-refractivity contribution in [3.05, 3.63) is 23.8 Å². The first-order chi connectivity index (χ1) is 8.56. The molecule has 1 aromatic rings. The minimum atomic E-state index is 0.402. The molecular formula is C14H21NOS2. The summed E-state index contributed by atoms with van der Waals surface area (Å²) in [5, 5.41) is 0. The Morgan fingerprint density at radius 2 is 2.17 bits per heavy atom. The zero-order valence-corrected chi connectivity index (χ0v) is 12.9. The molecule has 0 spiro atoms. The largest absolute Gasteiger partial charge is 0.493 e. The van der Waals surface area contributed by atoms with Crippen LogP contribution in [-0.2, 0) is 0 Å². The summed E-state index contributed by atoms with van der Waals surface area (Å²) in [7, 11) is 0. The summed E-state index contributed by atoms with van der Waals surface area (Å²) in [6.45, 7) is 5.15. The SMILES string of the molecule is CSc1cccc(OCCCC(C)C)c1C(N)=S. The molecule has 100 valence electrons. The molecule has 0 aliphatic rings. The highest BCUT2D eigenvalue weighted by Gasteiger charge is 2.11. The van der Waals surface area contributed by atoms with E-state index in [1.807, 2.05) is 24.5 Å². The highest BCUT2D eigenvalue weighted by molar-refractivity contribution is 7.98.